The van der Waals surface area contributed by atoms with Crippen LogP contribution >= 0.6 is 11.8 Å². The molecule has 0 aliphatic carbocycles. The van der Waals surface area contributed by atoms with Gasteiger partial charge in [0, 0.05) is 49.0 Å². The summed E-state index contributed by atoms with van der Waals surface area (Å²) < 4.78 is 137. The third-order valence-corrected chi connectivity index (χ3v) is 10.5. The number of ether oxygens (including phenoxy) is 3. The molecule has 3 heterocycles. The number of nitrogens with zero attached hydrogens (tertiary/aromatic N) is 6. The van der Waals surface area contributed by atoms with Crippen molar-refractivity contribution < 1.29 is 54.1 Å². The van der Waals surface area contributed by atoms with Gasteiger partial charge in [0.25, 0.3) is 0 Å². The Hall–Kier alpha value is -5.59. The smallest absolute Gasteiger partial charge is 0.446 e. The van der Waals surface area contributed by atoms with E-state index in [2.05, 4.69) is 15.0 Å². The number of hydrogen-bond acceptors (Lipinski definition) is 10. The van der Waals surface area contributed by atoms with Crippen LogP contribution in [-0.2, 0) is 24.0 Å². The lowest BCUT2D eigenvalue weighted by Crippen LogP contribution is -2.55. The van der Waals surface area contributed by atoms with Crippen LogP contribution in [0.3, 0.4) is 0 Å². The number of pyridine rings is 1. The fourth-order valence-corrected chi connectivity index (χ4v) is 7.76. The molecule has 326 valence electrons. The lowest BCUT2D eigenvalue weighted by atomic mass is 9.98. The van der Waals surface area contributed by atoms with Gasteiger partial charge in [0.2, 0.25) is 0 Å². The van der Waals surface area contributed by atoms with Crippen molar-refractivity contribution in [3.63, 3.8) is 0 Å². The van der Waals surface area contributed by atoms with Gasteiger partial charge in [0.1, 0.15) is 34.3 Å². The van der Waals surface area contributed by atoms with E-state index in [9.17, 15) is 18.0 Å². The first-order chi connectivity index (χ1) is 28.5. The first kappa shape index (κ1) is 44.9. The predicted octanol–water partition coefficient (Wildman–Crippen LogP) is 10.6. The number of carbonyl (C=O) groups is 1. The molecule has 0 bridgehead atoms. The summed E-state index contributed by atoms with van der Waals surface area (Å²) in [6.45, 7) is 7.88. The van der Waals surface area contributed by atoms with Crippen LogP contribution in [0, 0.1) is 18.8 Å². The van der Waals surface area contributed by atoms with Crippen molar-refractivity contribution in [3.8, 4) is 22.8 Å². The van der Waals surface area contributed by atoms with E-state index >= 15 is 22.0 Å². The van der Waals surface area contributed by atoms with Crippen LogP contribution < -0.4 is 19.3 Å². The second-order valence-electron chi connectivity index (χ2n) is 15.4. The fraction of sp³-hybridized carbons (Fsp3) is 0.381. The highest BCUT2D eigenvalue weighted by atomic mass is 32.2. The summed E-state index contributed by atoms with van der Waals surface area (Å²) >= 11 is -0.849. The number of piperazine rings is 1. The minimum absolute atomic E-state index is 0.0151. The number of carbonyl (C=O) groups excluding carboxylic acids is 1. The number of amides is 1. The topological polar surface area (TPSA) is 93.2 Å². The maximum absolute atomic E-state index is 17.2. The van der Waals surface area contributed by atoms with E-state index in [1.165, 1.54) is 24.0 Å². The minimum Gasteiger partial charge on any atom is -0.497 e. The largest absolute Gasteiger partial charge is 0.497 e. The number of aryl methyl sites for hydroxylation is 1. The lowest BCUT2D eigenvalue weighted by Gasteiger charge is -2.41. The zero-order valence-electron chi connectivity index (χ0n) is 34.1. The third-order valence-electron chi connectivity index (χ3n) is 9.74. The van der Waals surface area contributed by atoms with E-state index in [0.717, 1.165) is 19.1 Å². The van der Waals surface area contributed by atoms with Crippen molar-refractivity contribution in [2.75, 3.05) is 43.7 Å². The van der Waals surface area contributed by atoms with Crippen molar-refractivity contribution in [3.05, 3.63) is 94.8 Å². The molecule has 0 radical (unpaired) electrons. The molecule has 1 amide bonds. The highest BCUT2D eigenvalue weighted by molar-refractivity contribution is 8.00. The molecule has 1 atom stereocenters. The van der Waals surface area contributed by atoms with Crippen LogP contribution in [0.5, 0.6) is 11.5 Å². The second-order valence-corrected chi connectivity index (χ2v) is 16.5. The van der Waals surface area contributed by atoms with Crippen LogP contribution in [0.2, 0.25) is 0 Å². The molecule has 0 spiro atoms. The number of alkyl halides is 6. The standard InChI is InChI=1S/C42H42F8N6O4S/c1-23-18-31(55(21-25-8-12-27(58-6)13-9-25)22-26-10-14-28(59-7)15-11-26)51-36(33(23)41(45,46)47)32-30(61-42(48,49)50)19-29-35(34(32)43)52-38(44)53-37(29)56-17-16-54(20-24(56)2)39(57)60-40(3,4)5/h8-15,18-19,24H,16-17,20-22H2,1-7H3/t24-/m0/s1. The predicted molar refractivity (Wildman–Crippen MR) is 215 cm³/mol. The molecule has 10 nitrogen and oxygen atoms in total. The Kier molecular flexibility index (Phi) is 12.8. The van der Waals surface area contributed by atoms with Crippen LogP contribution in [0.1, 0.15) is 49.9 Å². The van der Waals surface area contributed by atoms with Gasteiger partial charge in [-0.25, -0.2) is 14.2 Å². The lowest BCUT2D eigenvalue weighted by molar-refractivity contribution is -0.137. The van der Waals surface area contributed by atoms with Gasteiger partial charge >= 0.3 is 23.9 Å². The summed E-state index contributed by atoms with van der Waals surface area (Å²) in [5, 5.41) is -0.394. The van der Waals surface area contributed by atoms with Gasteiger partial charge in [-0.2, -0.15) is 40.7 Å². The minimum atomic E-state index is -5.24. The molecule has 3 aromatic carbocycles. The zero-order valence-corrected chi connectivity index (χ0v) is 35.0. The highest BCUT2D eigenvalue weighted by Gasteiger charge is 2.41. The quantitative estimate of drug-likeness (QED) is 0.0767. The van der Waals surface area contributed by atoms with Gasteiger partial charge < -0.3 is 28.9 Å². The van der Waals surface area contributed by atoms with Crippen molar-refractivity contribution in [2.45, 2.75) is 75.9 Å². The molecule has 6 rings (SSSR count). The number of halogens is 8. The summed E-state index contributed by atoms with van der Waals surface area (Å²) in [6, 6.07) is 14.9. The van der Waals surface area contributed by atoms with Crippen molar-refractivity contribution in [1.29, 1.82) is 0 Å². The molecule has 1 aliphatic heterocycles. The van der Waals surface area contributed by atoms with E-state index in [1.807, 2.05) is 0 Å². The Bertz CT molecular complexity index is 2340. The first-order valence-corrected chi connectivity index (χ1v) is 19.7. The van der Waals surface area contributed by atoms with Gasteiger partial charge in [-0.15, -0.1) is 0 Å². The summed E-state index contributed by atoms with van der Waals surface area (Å²) in [7, 11) is 2.96. The highest BCUT2D eigenvalue weighted by Crippen LogP contribution is 2.49. The Morgan fingerprint density at radius 2 is 1.43 bits per heavy atom. The maximum atomic E-state index is 17.2. The second kappa shape index (κ2) is 17.4. The number of benzene rings is 3. The summed E-state index contributed by atoms with van der Waals surface area (Å²) in [5.74, 6) is -1.02. The molecule has 5 aromatic rings. The van der Waals surface area contributed by atoms with Crippen molar-refractivity contribution >= 4 is 40.4 Å². The summed E-state index contributed by atoms with van der Waals surface area (Å²) in [4.78, 5) is 28.0. The number of thioether (sulfide) groups is 1. The molecule has 1 aliphatic rings. The molecule has 1 fully saturated rings. The molecule has 0 N–H and O–H groups in total. The Balaban J connectivity index is 1.54. The first-order valence-electron chi connectivity index (χ1n) is 18.8. The van der Waals surface area contributed by atoms with Crippen LogP contribution in [-0.4, -0.2) is 77.0 Å². The number of rotatable bonds is 10. The summed E-state index contributed by atoms with van der Waals surface area (Å²) in [6.07, 6.45) is -7.35. The molecule has 0 saturated carbocycles. The van der Waals surface area contributed by atoms with Gasteiger partial charge in [-0.05, 0) is 99.5 Å². The molecular weight excluding hydrogens is 837 g/mol. The van der Waals surface area contributed by atoms with Gasteiger partial charge in [0.15, 0.2) is 5.82 Å². The number of methoxy groups -OCH3 is 2. The molecule has 1 saturated heterocycles. The van der Waals surface area contributed by atoms with Crippen LogP contribution in [0.25, 0.3) is 22.2 Å². The Morgan fingerprint density at radius 1 is 0.852 bits per heavy atom. The van der Waals surface area contributed by atoms with Crippen LogP contribution in [0.15, 0.2) is 65.6 Å². The number of hydrogen-bond donors (Lipinski definition) is 0. The number of anilines is 2. The third kappa shape index (κ3) is 10.5. The number of fused-ring (bicyclic) bond motifs is 1. The average Bonchev–Trinajstić information content (AvgIpc) is 3.16. The van der Waals surface area contributed by atoms with Gasteiger partial charge in [-0.1, -0.05) is 24.3 Å². The Labute approximate surface area is 350 Å². The van der Waals surface area contributed by atoms with Gasteiger partial charge in [-0.3, -0.25) is 0 Å². The average molecular weight is 879 g/mol. The maximum Gasteiger partial charge on any atom is 0.446 e. The normalized spacial score (nSPS) is 15.0. The SMILES string of the molecule is COc1ccc(CN(Cc2ccc(OC)cc2)c2cc(C)c(C(F)(F)F)c(-c3c(SC(F)(F)F)cc4c(N5CCN(C(=O)OC(C)(C)C)C[C@@H]5C)nc(F)nc4c3F)n2)cc1. The molecular formula is C42H42F8N6O4S. The van der Waals surface area contributed by atoms with E-state index in [4.69, 9.17) is 14.2 Å². The molecule has 19 heteroatoms. The zero-order chi connectivity index (χ0) is 44.6. The van der Waals surface area contributed by atoms with Gasteiger partial charge in [0.05, 0.1) is 31.0 Å². The van der Waals surface area contributed by atoms with E-state index in [0.29, 0.717) is 22.6 Å². The molecule has 0 unspecified atom stereocenters. The van der Waals surface area contributed by atoms with E-state index < -0.39 is 91.3 Å². The van der Waals surface area contributed by atoms with Crippen molar-refractivity contribution in [1.82, 2.24) is 19.9 Å². The molecule has 61 heavy (non-hydrogen) atoms. The fourth-order valence-electron chi connectivity index (χ4n) is 7.05. The van der Waals surface area contributed by atoms with E-state index in [-0.39, 0.29) is 44.4 Å². The Morgan fingerprint density at radius 3 is 1.92 bits per heavy atom. The summed E-state index contributed by atoms with van der Waals surface area (Å²) in [5.41, 5.74) is -9.75. The van der Waals surface area contributed by atoms with Crippen LogP contribution in [0.4, 0.5) is 51.6 Å². The van der Waals surface area contributed by atoms with Crippen molar-refractivity contribution in [2.24, 2.45) is 0 Å². The molecule has 2 aromatic heterocycles. The number of aromatic nitrogens is 3. The monoisotopic (exact) mass is 878 g/mol. The van der Waals surface area contributed by atoms with E-state index in [1.54, 1.807) is 81.1 Å².